The highest BCUT2D eigenvalue weighted by Crippen LogP contribution is 2.22. The number of nitrogens with zero attached hydrogens (tertiary/aromatic N) is 4. The van der Waals surface area contributed by atoms with E-state index >= 15 is 0 Å². The van der Waals surface area contributed by atoms with E-state index in [-0.39, 0.29) is 11.8 Å². The number of piperazine rings is 1. The van der Waals surface area contributed by atoms with Crippen LogP contribution in [-0.2, 0) is 17.8 Å². The predicted molar refractivity (Wildman–Crippen MR) is 132 cm³/mol. The van der Waals surface area contributed by atoms with Gasteiger partial charge in [-0.1, -0.05) is 54.6 Å². The van der Waals surface area contributed by atoms with Gasteiger partial charge in [-0.15, -0.1) is 11.3 Å². The van der Waals surface area contributed by atoms with E-state index in [9.17, 15) is 9.59 Å². The number of rotatable bonds is 6. The van der Waals surface area contributed by atoms with Gasteiger partial charge in [0.1, 0.15) is 9.88 Å². The minimum atomic E-state index is 0.00321. The molecule has 2 aromatic carbocycles. The summed E-state index contributed by atoms with van der Waals surface area (Å²) in [6.07, 6.45) is 0.427. The Balaban J connectivity index is 1.28. The molecule has 0 radical (unpaired) electrons. The molecule has 4 rings (SSSR count). The van der Waals surface area contributed by atoms with Crippen LogP contribution in [0.4, 0.5) is 0 Å². The molecule has 6 nitrogen and oxygen atoms in total. The van der Waals surface area contributed by atoms with Crippen LogP contribution in [0, 0.1) is 6.92 Å². The van der Waals surface area contributed by atoms with Gasteiger partial charge in [-0.2, -0.15) is 0 Å². The van der Waals surface area contributed by atoms with Crippen LogP contribution in [0.1, 0.15) is 25.9 Å². The maximum atomic E-state index is 12.8. The Morgan fingerprint density at radius 2 is 1.58 bits per heavy atom. The third-order valence-corrected chi connectivity index (χ3v) is 7.07. The standard InChI is InChI=1S/C26H30N4O2S/c1-19-25(26(32)28(2)3)33-23(27-19)18-29-13-15-30(16-14-29)24(31)17-20-9-11-22(12-10-20)21-7-5-4-6-8-21/h4-12H,13-18H2,1-3H3. The summed E-state index contributed by atoms with van der Waals surface area (Å²) >= 11 is 1.47. The van der Waals surface area contributed by atoms with Gasteiger partial charge in [0, 0.05) is 40.3 Å². The van der Waals surface area contributed by atoms with Crippen LogP contribution >= 0.6 is 11.3 Å². The van der Waals surface area contributed by atoms with E-state index in [4.69, 9.17) is 0 Å². The molecule has 0 unspecified atom stereocenters. The molecule has 7 heteroatoms. The molecule has 0 saturated carbocycles. The third kappa shape index (κ3) is 5.67. The summed E-state index contributed by atoms with van der Waals surface area (Å²) in [7, 11) is 3.52. The topological polar surface area (TPSA) is 56.8 Å². The zero-order valence-electron chi connectivity index (χ0n) is 19.5. The molecule has 2 amide bonds. The number of aromatic nitrogens is 1. The van der Waals surface area contributed by atoms with Crippen molar-refractivity contribution >= 4 is 23.2 Å². The van der Waals surface area contributed by atoms with Crippen molar-refractivity contribution in [2.75, 3.05) is 40.3 Å². The van der Waals surface area contributed by atoms with Crippen molar-refractivity contribution in [2.45, 2.75) is 19.9 Å². The van der Waals surface area contributed by atoms with E-state index in [0.717, 1.165) is 54.6 Å². The molecule has 0 atom stereocenters. The average Bonchev–Trinajstić information content (AvgIpc) is 3.19. The number of carbonyl (C=O) groups is 2. The average molecular weight is 463 g/mol. The van der Waals surface area contributed by atoms with Crippen molar-refractivity contribution in [1.82, 2.24) is 19.7 Å². The molecule has 0 bridgehead atoms. The zero-order chi connectivity index (χ0) is 23.4. The second-order valence-corrected chi connectivity index (χ2v) is 9.70. The fourth-order valence-corrected chi connectivity index (χ4v) is 5.13. The highest BCUT2D eigenvalue weighted by molar-refractivity contribution is 7.13. The molecule has 1 aliphatic rings. The fraction of sp³-hybridized carbons (Fsp3) is 0.346. The minimum absolute atomic E-state index is 0.00321. The van der Waals surface area contributed by atoms with Crippen LogP contribution in [0.3, 0.4) is 0 Å². The summed E-state index contributed by atoms with van der Waals surface area (Å²) in [5.41, 5.74) is 4.17. The van der Waals surface area contributed by atoms with Crippen LogP contribution in [0.2, 0.25) is 0 Å². The lowest BCUT2D eigenvalue weighted by Crippen LogP contribution is -2.48. The number of amides is 2. The van der Waals surface area contributed by atoms with Crippen LogP contribution in [0.25, 0.3) is 11.1 Å². The molecular formula is C26H30N4O2S. The molecule has 0 N–H and O–H groups in total. The van der Waals surface area contributed by atoms with Crippen LogP contribution in [0.5, 0.6) is 0 Å². The molecule has 0 spiro atoms. The van der Waals surface area contributed by atoms with Gasteiger partial charge in [-0.25, -0.2) is 4.98 Å². The molecule has 0 aliphatic carbocycles. The summed E-state index contributed by atoms with van der Waals surface area (Å²) in [5, 5.41) is 0.955. The predicted octanol–water partition coefficient (Wildman–Crippen LogP) is 3.71. The Morgan fingerprint density at radius 1 is 0.939 bits per heavy atom. The van der Waals surface area contributed by atoms with Crippen molar-refractivity contribution in [1.29, 1.82) is 0 Å². The van der Waals surface area contributed by atoms with E-state index < -0.39 is 0 Å². The molecule has 172 valence electrons. The van der Waals surface area contributed by atoms with Crippen LogP contribution < -0.4 is 0 Å². The van der Waals surface area contributed by atoms with Gasteiger partial charge in [0.25, 0.3) is 5.91 Å². The van der Waals surface area contributed by atoms with Crippen molar-refractivity contribution in [3.63, 3.8) is 0 Å². The van der Waals surface area contributed by atoms with Gasteiger partial charge >= 0.3 is 0 Å². The van der Waals surface area contributed by atoms with Crippen LogP contribution in [0.15, 0.2) is 54.6 Å². The molecule has 1 fully saturated rings. The summed E-state index contributed by atoms with van der Waals surface area (Å²) in [4.78, 5) is 36.3. The normalized spacial score (nSPS) is 14.3. The molecule has 3 aromatic rings. The van der Waals surface area contributed by atoms with Crippen molar-refractivity contribution in [3.8, 4) is 11.1 Å². The quantitative estimate of drug-likeness (QED) is 0.561. The monoisotopic (exact) mass is 462 g/mol. The molecule has 2 heterocycles. The van der Waals surface area contributed by atoms with Crippen molar-refractivity contribution in [3.05, 3.63) is 75.7 Å². The first-order valence-corrected chi connectivity index (χ1v) is 12.0. The zero-order valence-corrected chi connectivity index (χ0v) is 20.3. The van der Waals surface area contributed by atoms with Crippen molar-refractivity contribution in [2.24, 2.45) is 0 Å². The number of aryl methyl sites for hydroxylation is 1. The van der Waals surface area contributed by atoms with Gasteiger partial charge in [0.15, 0.2) is 0 Å². The van der Waals surface area contributed by atoms with Gasteiger partial charge < -0.3 is 9.80 Å². The minimum Gasteiger partial charge on any atom is -0.344 e. The van der Waals surface area contributed by atoms with E-state index in [1.54, 1.807) is 19.0 Å². The molecule has 1 aromatic heterocycles. The first-order chi connectivity index (χ1) is 15.9. The Labute approximate surface area is 199 Å². The summed E-state index contributed by atoms with van der Waals surface area (Å²) < 4.78 is 0. The largest absolute Gasteiger partial charge is 0.344 e. The maximum absolute atomic E-state index is 12.8. The lowest BCUT2D eigenvalue weighted by Gasteiger charge is -2.34. The van der Waals surface area contributed by atoms with Gasteiger partial charge in [0.2, 0.25) is 5.91 Å². The van der Waals surface area contributed by atoms with Crippen molar-refractivity contribution < 1.29 is 9.59 Å². The first-order valence-electron chi connectivity index (χ1n) is 11.2. The van der Waals surface area contributed by atoms with E-state index in [0.29, 0.717) is 11.3 Å². The van der Waals surface area contributed by atoms with Gasteiger partial charge in [0.05, 0.1) is 18.7 Å². The number of carbonyl (C=O) groups excluding carboxylic acids is 2. The lowest BCUT2D eigenvalue weighted by molar-refractivity contribution is -0.132. The first kappa shape index (κ1) is 23.1. The number of hydrogen-bond donors (Lipinski definition) is 0. The smallest absolute Gasteiger partial charge is 0.265 e. The Hall–Kier alpha value is -3.03. The molecular weight excluding hydrogens is 432 g/mol. The van der Waals surface area contributed by atoms with E-state index in [2.05, 4.69) is 34.1 Å². The summed E-state index contributed by atoms with van der Waals surface area (Å²) in [6.45, 7) is 5.67. The van der Waals surface area contributed by atoms with Gasteiger partial charge in [-0.3, -0.25) is 14.5 Å². The lowest BCUT2D eigenvalue weighted by atomic mass is 10.0. The highest BCUT2D eigenvalue weighted by Gasteiger charge is 2.23. The summed E-state index contributed by atoms with van der Waals surface area (Å²) in [6, 6.07) is 18.5. The van der Waals surface area contributed by atoms with Crippen LogP contribution in [-0.4, -0.2) is 71.8 Å². The Kier molecular flexibility index (Phi) is 7.20. The Bertz CT molecular complexity index is 1100. The SMILES string of the molecule is Cc1nc(CN2CCN(C(=O)Cc3ccc(-c4ccccc4)cc3)CC2)sc1C(=O)N(C)C. The number of thiazole rings is 1. The molecule has 1 saturated heterocycles. The highest BCUT2D eigenvalue weighted by atomic mass is 32.1. The number of hydrogen-bond acceptors (Lipinski definition) is 5. The van der Waals surface area contributed by atoms with E-state index in [1.807, 2.05) is 42.2 Å². The fourth-order valence-electron chi connectivity index (χ4n) is 4.00. The van der Waals surface area contributed by atoms with Gasteiger partial charge in [-0.05, 0) is 23.6 Å². The van der Waals surface area contributed by atoms with E-state index in [1.165, 1.54) is 16.9 Å². The Morgan fingerprint density at radius 3 is 2.21 bits per heavy atom. The number of benzene rings is 2. The maximum Gasteiger partial charge on any atom is 0.265 e. The summed E-state index contributed by atoms with van der Waals surface area (Å²) in [5.74, 6) is 0.175. The molecule has 1 aliphatic heterocycles. The molecule has 33 heavy (non-hydrogen) atoms. The third-order valence-electron chi connectivity index (χ3n) is 5.94. The second kappa shape index (κ2) is 10.3. The second-order valence-electron chi connectivity index (χ2n) is 8.62.